The highest BCUT2D eigenvalue weighted by Crippen LogP contribution is 2.26. The molecule has 1 aromatic carbocycles. The van der Waals surface area contributed by atoms with Gasteiger partial charge in [-0.05, 0) is 38.5 Å². The summed E-state index contributed by atoms with van der Waals surface area (Å²) in [5.74, 6) is 0.713. The van der Waals surface area contributed by atoms with Gasteiger partial charge in [-0.3, -0.25) is 0 Å². The number of ether oxygens (including phenoxy) is 1. The van der Waals surface area contributed by atoms with E-state index in [0.717, 1.165) is 12.0 Å². The maximum Gasteiger partial charge on any atom is 0.269 e. The average Bonchev–Trinajstić information content (AvgIpc) is 2.29. The van der Waals surface area contributed by atoms with Crippen molar-refractivity contribution < 1.29 is 9.16 Å². The molecule has 0 heterocycles. The lowest BCUT2D eigenvalue weighted by Gasteiger charge is -2.24. The van der Waals surface area contributed by atoms with Crippen molar-refractivity contribution in [3.8, 4) is 0 Å². The fourth-order valence-corrected chi connectivity index (χ4v) is 2.43. The molecular formula is C15H24O2Si. The molecule has 2 nitrogen and oxygen atoms in total. The largest absolute Gasteiger partial charge is 0.519 e. The molecule has 0 atom stereocenters. The van der Waals surface area contributed by atoms with Crippen LogP contribution in [0.4, 0.5) is 0 Å². The molecule has 18 heavy (non-hydrogen) atoms. The summed E-state index contributed by atoms with van der Waals surface area (Å²) in [6.07, 6.45) is 0.907. The second-order valence-corrected chi connectivity index (χ2v) is 9.56. The average molecular weight is 264 g/mol. The van der Waals surface area contributed by atoms with Crippen molar-refractivity contribution in [1.29, 1.82) is 0 Å². The van der Waals surface area contributed by atoms with Crippen molar-refractivity contribution in [2.24, 2.45) is 0 Å². The molecule has 0 N–H and O–H groups in total. The number of hydrogen-bond donors (Lipinski definition) is 0. The first-order valence-electron chi connectivity index (χ1n) is 6.58. The van der Waals surface area contributed by atoms with Gasteiger partial charge in [0.1, 0.15) is 0 Å². The molecule has 0 bridgehead atoms. The van der Waals surface area contributed by atoms with Crippen LogP contribution in [0.1, 0.15) is 25.8 Å². The minimum Gasteiger partial charge on any atom is -0.519 e. The van der Waals surface area contributed by atoms with Gasteiger partial charge in [0.25, 0.3) is 5.95 Å². The van der Waals surface area contributed by atoms with E-state index >= 15 is 0 Å². The Morgan fingerprint density at radius 1 is 1.06 bits per heavy atom. The van der Waals surface area contributed by atoms with Crippen molar-refractivity contribution in [2.75, 3.05) is 6.61 Å². The van der Waals surface area contributed by atoms with Gasteiger partial charge in [-0.1, -0.05) is 37.3 Å². The molecule has 0 unspecified atom stereocenters. The first kappa shape index (κ1) is 14.8. The predicted octanol–water partition coefficient (Wildman–Crippen LogP) is 4.65. The van der Waals surface area contributed by atoms with E-state index in [4.69, 9.17) is 9.16 Å². The summed E-state index contributed by atoms with van der Waals surface area (Å²) in [7, 11) is -1.65. The van der Waals surface area contributed by atoms with Gasteiger partial charge in [0, 0.05) is 5.57 Å². The monoisotopic (exact) mass is 264 g/mol. The smallest absolute Gasteiger partial charge is 0.269 e. The Labute approximate surface area is 112 Å². The molecule has 0 saturated heterocycles. The van der Waals surface area contributed by atoms with Gasteiger partial charge in [-0.2, -0.15) is 0 Å². The van der Waals surface area contributed by atoms with Crippen LogP contribution >= 0.6 is 0 Å². The summed E-state index contributed by atoms with van der Waals surface area (Å²) in [6, 6.07) is 10.3. The first-order chi connectivity index (χ1) is 8.48. The maximum atomic E-state index is 6.08. The highest BCUT2D eigenvalue weighted by Gasteiger charge is 2.21. The van der Waals surface area contributed by atoms with Crippen LogP contribution in [0.5, 0.6) is 0 Å². The predicted molar refractivity (Wildman–Crippen MR) is 79.7 cm³/mol. The third-order valence-corrected chi connectivity index (χ3v) is 3.19. The van der Waals surface area contributed by atoms with Crippen molar-refractivity contribution >= 4 is 13.9 Å². The molecule has 0 radical (unpaired) electrons. The molecule has 0 aromatic heterocycles. The third kappa shape index (κ3) is 4.57. The van der Waals surface area contributed by atoms with Crippen LogP contribution in [0.3, 0.4) is 0 Å². The fourth-order valence-electron chi connectivity index (χ4n) is 1.69. The molecule has 0 aliphatic heterocycles. The number of allylic oxidation sites excluding steroid dienone is 1. The SMILES string of the molecule is CCO/C(O[Si](C)(C)C)=C(\CC)c1ccccc1. The van der Waals surface area contributed by atoms with Gasteiger partial charge < -0.3 is 9.16 Å². The Balaban J connectivity index is 3.13. The van der Waals surface area contributed by atoms with Gasteiger partial charge in [0.15, 0.2) is 0 Å². The van der Waals surface area contributed by atoms with E-state index in [9.17, 15) is 0 Å². The Hall–Kier alpha value is -1.22. The second kappa shape index (κ2) is 6.64. The molecule has 0 aliphatic rings. The van der Waals surface area contributed by atoms with Crippen LogP contribution in [-0.4, -0.2) is 14.9 Å². The van der Waals surface area contributed by atoms with E-state index in [1.807, 2.05) is 25.1 Å². The molecule has 0 amide bonds. The van der Waals surface area contributed by atoms with Crippen molar-refractivity contribution in [2.45, 2.75) is 39.9 Å². The van der Waals surface area contributed by atoms with Gasteiger partial charge in [0.05, 0.1) is 6.61 Å². The van der Waals surface area contributed by atoms with Gasteiger partial charge >= 0.3 is 0 Å². The molecule has 0 spiro atoms. The highest BCUT2D eigenvalue weighted by atomic mass is 28.4. The minimum absolute atomic E-state index is 0.635. The molecule has 3 heteroatoms. The van der Waals surface area contributed by atoms with Crippen LogP contribution in [0.25, 0.3) is 5.57 Å². The number of hydrogen-bond acceptors (Lipinski definition) is 2. The summed E-state index contributed by atoms with van der Waals surface area (Å²) in [5.41, 5.74) is 2.33. The van der Waals surface area contributed by atoms with E-state index in [1.165, 1.54) is 5.56 Å². The topological polar surface area (TPSA) is 18.5 Å². The van der Waals surface area contributed by atoms with E-state index in [0.29, 0.717) is 12.6 Å². The molecule has 0 saturated carbocycles. The van der Waals surface area contributed by atoms with Crippen molar-refractivity contribution in [3.05, 3.63) is 41.8 Å². The third-order valence-electron chi connectivity index (χ3n) is 2.40. The van der Waals surface area contributed by atoms with Crippen LogP contribution in [0.2, 0.25) is 19.6 Å². The van der Waals surface area contributed by atoms with Crippen LogP contribution in [0.15, 0.2) is 36.3 Å². The second-order valence-electron chi connectivity index (χ2n) is 5.13. The highest BCUT2D eigenvalue weighted by molar-refractivity contribution is 6.70. The Kier molecular flexibility index (Phi) is 5.47. The van der Waals surface area contributed by atoms with E-state index in [1.54, 1.807) is 0 Å². The summed E-state index contributed by atoms with van der Waals surface area (Å²) < 4.78 is 11.8. The first-order valence-corrected chi connectivity index (χ1v) is 9.99. The lowest BCUT2D eigenvalue weighted by molar-refractivity contribution is 0.114. The van der Waals surface area contributed by atoms with Gasteiger partial charge in [-0.15, -0.1) is 0 Å². The van der Waals surface area contributed by atoms with Crippen LogP contribution in [-0.2, 0) is 9.16 Å². The number of benzene rings is 1. The summed E-state index contributed by atoms with van der Waals surface area (Å²) in [4.78, 5) is 0. The van der Waals surface area contributed by atoms with Gasteiger partial charge in [0.2, 0.25) is 8.32 Å². The zero-order valence-corrected chi connectivity index (χ0v) is 13.1. The molecule has 0 fully saturated rings. The molecule has 1 rings (SSSR count). The Bertz CT molecular complexity index is 391. The summed E-state index contributed by atoms with van der Waals surface area (Å²) >= 11 is 0. The van der Waals surface area contributed by atoms with Crippen molar-refractivity contribution in [1.82, 2.24) is 0 Å². The van der Waals surface area contributed by atoms with E-state index < -0.39 is 8.32 Å². The lowest BCUT2D eigenvalue weighted by Crippen LogP contribution is -2.26. The zero-order valence-electron chi connectivity index (χ0n) is 12.1. The van der Waals surface area contributed by atoms with Crippen LogP contribution in [0, 0.1) is 0 Å². The maximum absolute atomic E-state index is 6.08. The zero-order chi connectivity index (χ0) is 13.6. The quantitative estimate of drug-likeness (QED) is 0.550. The number of rotatable bonds is 6. The Morgan fingerprint density at radius 2 is 1.67 bits per heavy atom. The molecule has 0 aliphatic carbocycles. The van der Waals surface area contributed by atoms with Crippen molar-refractivity contribution in [3.63, 3.8) is 0 Å². The standard InChI is InChI=1S/C15H24O2Si/c1-6-14(13-11-9-8-10-12-13)15(16-7-2)17-18(3,4)5/h8-12H,6-7H2,1-5H3/b15-14-. The fraction of sp³-hybridized carbons (Fsp3) is 0.467. The van der Waals surface area contributed by atoms with E-state index in [-0.39, 0.29) is 0 Å². The van der Waals surface area contributed by atoms with Gasteiger partial charge in [-0.25, -0.2) is 0 Å². The lowest BCUT2D eigenvalue weighted by atomic mass is 10.0. The minimum atomic E-state index is -1.65. The van der Waals surface area contributed by atoms with E-state index in [2.05, 4.69) is 38.7 Å². The molecule has 100 valence electrons. The molecule has 1 aromatic rings. The van der Waals surface area contributed by atoms with Crippen LogP contribution < -0.4 is 0 Å². The summed E-state index contributed by atoms with van der Waals surface area (Å²) in [5, 5.41) is 0. The molecular weight excluding hydrogens is 240 g/mol. The Morgan fingerprint density at radius 3 is 2.11 bits per heavy atom. The normalized spacial score (nSPS) is 12.9. The summed E-state index contributed by atoms with van der Waals surface area (Å²) in [6.45, 7) is 11.3.